The number of nitrogens with two attached hydrogens (primary N) is 1. The number of hydrogen-bond donors (Lipinski definition) is 5. The summed E-state index contributed by atoms with van der Waals surface area (Å²) in [5.74, 6) is 4.76. The molecule has 3 unspecified atom stereocenters. The molecule has 1 aliphatic rings. The van der Waals surface area contributed by atoms with E-state index in [-0.39, 0.29) is 0 Å². The lowest BCUT2D eigenvalue weighted by atomic mass is 9.99. The first-order valence-corrected chi connectivity index (χ1v) is 3.78. The lowest BCUT2D eigenvalue weighted by molar-refractivity contribution is -0.302. The van der Waals surface area contributed by atoms with Gasteiger partial charge in [-0.05, 0) is 0 Å². The van der Waals surface area contributed by atoms with Gasteiger partial charge in [0.25, 0.3) is 0 Å². The normalized spacial score (nSPS) is 46.4. The molecule has 0 spiro atoms. The Labute approximate surface area is 74.3 Å². The van der Waals surface area contributed by atoms with E-state index in [2.05, 4.69) is 4.84 Å². The van der Waals surface area contributed by atoms with Crippen LogP contribution in [0.3, 0.4) is 0 Å². The first-order chi connectivity index (χ1) is 6.11. The van der Waals surface area contributed by atoms with Crippen molar-refractivity contribution >= 4 is 0 Å². The van der Waals surface area contributed by atoms with Crippen LogP contribution in [0.1, 0.15) is 0 Å². The van der Waals surface area contributed by atoms with Gasteiger partial charge in [-0.1, -0.05) is 0 Å². The van der Waals surface area contributed by atoms with Gasteiger partial charge in [-0.3, -0.25) is 4.84 Å². The van der Waals surface area contributed by atoms with Crippen LogP contribution in [0.5, 0.6) is 0 Å². The molecular weight excluding hydrogens is 182 g/mol. The number of aliphatic hydroxyl groups excluding tert-OH is 4. The van der Waals surface area contributed by atoms with Crippen molar-refractivity contribution in [2.75, 3.05) is 6.61 Å². The van der Waals surface area contributed by atoms with E-state index in [0.717, 1.165) is 0 Å². The van der Waals surface area contributed by atoms with Gasteiger partial charge in [0.05, 0.1) is 6.61 Å². The molecule has 0 aliphatic carbocycles. The SMILES string of the molecule is NO[C@@H]1OC(CO)[C@H](O)C(O)C1O. The molecule has 0 amide bonds. The van der Waals surface area contributed by atoms with Gasteiger partial charge in [0.15, 0.2) is 0 Å². The second kappa shape index (κ2) is 4.29. The van der Waals surface area contributed by atoms with E-state index in [1.807, 2.05) is 0 Å². The molecule has 6 N–H and O–H groups in total. The van der Waals surface area contributed by atoms with Crippen molar-refractivity contribution < 1.29 is 30.0 Å². The van der Waals surface area contributed by atoms with Crippen LogP contribution < -0.4 is 5.90 Å². The Morgan fingerprint density at radius 2 is 1.77 bits per heavy atom. The van der Waals surface area contributed by atoms with E-state index in [1.54, 1.807) is 0 Å². The predicted octanol–water partition coefficient (Wildman–Crippen LogP) is -3.32. The Kier molecular flexibility index (Phi) is 3.56. The number of ether oxygens (including phenoxy) is 1. The summed E-state index contributed by atoms with van der Waals surface area (Å²) in [6.07, 6.45) is -6.48. The van der Waals surface area contributed by atoms with Gasteiger partial charge in [0, 0.05) is 0 Å². The summed E-state index contributed by atoms with van der Waals surface area (Å²) in [5, 5.41) is 36.4. The van der Waals surface area contributed by atoms with E-state index in [9.17, 15) is 15.3 Å². The summed E-state index contributed by atoms with van der Waals surface area (Å²) in [5.41, 5.74) is 0. The highest BCUT2D eigenvalue weighted by atomic mass is 16.8. The fourth-order valence-electron chi connectivity index (χ4n) is 1.18. The number of hydrogen-bond acceptors (Lipinski definition) is 7. The van der Waals surface area contributed by atoms with Crippen LogP contribution in [0.15, 0.2) is 0 Å². The third-order valence-electron chi connectivity index (χ3n) is 1.98. The highest BCUT2D eigenvalue weighted by Crippen LogP contribution is 2.20. The van der Waals surface area contributed by atoms with Crippen molar-refractivity contribution in [1.82, 2.24) is 0 Å². The van der Waals surface area contributed by atoms with Crippen molar-refractivity contribution in [3.8, 4) is 0 Å². The van der Waals surface area contributed by atoms with Crippen molar-refractivity contribution in [2.45, 2.75) is 30.7 Å². The third kappa shape index (κ3) is 1.97. The molecule has 0 aromatic carbocycles. The molecule has 1 fully saturated rings. The maximum atomic E-state index is 9.23. The second-order valence-electron chi connectivity index (χ2n) is 2.83. The Morgan fingerprint density at radius 3 is 2.23 bits per heavy atom. The van der Waals surface area contributed by atoms with Crippen molar-refractivity contribution in [2.24, 2.45) is 5.90 Å². The monoisotopic (exact) mass is 195 g/mol. The molecule has 0 aromatic heterocycles. The van der Waals surface area contributed by atoms with Crippen LogP contribution in [0.2, 0.25) is 0 Å². The van der Waals surface area contributed by atoms with Gasteiger partial charge in [-0.25, -0.2) is 5.90 Å². The average molecular weight is 195 g/mol. The minimum Gasteiger partial charge on any atom is -0.394 e. The molecule has 0 radical (unpaired) electrons. The molecule has 1 rings (SSSR count). The zero-order chi connectivity index (χ0) is 10.0. The standard InChI is InChI=1S/C6H13NO6/c7-13-6-5(11)4(10)3(9)2(1-8)12-6/h2-6,8-11H,1,7H2/t2?,3-,4?,5?,6-/m0/s1. The summed E-state index contributed by atoms with van der Waals surface area (Å²) in [7, 11) is 0. The van der Waals surface area contributed by atoms with Crippen LogP contribution >= 0.6 is 0 Å². The maximum absolute atomic E-state index is 9.23. The predicted molar refractivity (Wildman–Crippen MR) is 39.0 cm³/mol. The van der Waals surface area contributed by atoms with Crippen LogP contribution in [0.25, 0.3) is 0 Å². The fraction of sp³-hybridized carbons (Fsp3) is 1.00. The van der Waals surface area contributed by atoms with Crippen molar-refractivity contribution in [3.05, 3.63) is 0 Å². The zero-order valence-electron chi connectivity index (χ0n) is 6.78. The van der Waals surface area contributed by atoms with Crippen LogP contribution in [-0.4, -0.2) is 57.7 Å². The lowest BCUT2D eigenvalue weighted by Gasteiger charge is -2.38. The molecular formula is C6H13NO6. The van der Waals surface area contributed by atoms with Crippen LogP contribution in [-0.2, 0) is 9.57 Å². The van der Waals surface area contributed by atoms with E-state index in [1.165, 1.54) is 0 Å². The Balaban J connectivity index is 2.66. The van der Waals surface area contributed by atoms with Gasteiger partial charge >= 0.3 is 0 Å². The molecule has 1 saturated heterocycles. The van der Waals surface area contributed by atoms with E-state index < -0.39 is 37.3 Å². The summed E-state index contributed by atoms with van der Waals surface area (Å²) >= 11 is 0. The smallest absolute Gasteiger partial charge is 0.206 e. The molecule has 78 valence electrons. The average Bonchev–Trinajstić information content (AvgIpc) is 2.15. The van der Waals surface area contributed by atoms with Crippen LogP contribution in [0, 0.1) is 0 Å². The largest absolute Gasteiger partial charge is 0.394 e. The molecule has 0 bridgehead atoms. The molecule has 5 atom stereocenters. The van der Waals surface area contributed by atoms with E-state index in [0.29, 0.717) is 0 Å². The molecule has 7 nitrogen and oxygen atoms in total. The number of aliphatic hydroxyl groups is 4. The number of rotatable bonds is 2. The highest BCUT2D eigenvalue weighted by Gasteiger charge is 2.43. The maximum Gasteiger partial charge on any atom is 0.206 e. The Morgan fingerprint density at radius 1 is 1.15 bits per heavy atom. The van der Waals surface area contributed by atoms with Gasteiger partial charge in [-0.15, -0.1) is 0 Å². The summed E-state index contributed by atoms with van der Waals surface area (Å²) < 4.78 is 4.82. The van der Waals surface area contributed by atoms with Gasteiger partial charge in [0.2, 0.25) is 6.29 Å². The van der Waals surface area contributed by atoms with Crippen molar-refractivity contribution in [1.29, 1.82) is 0 Å². The summed E-state index contributed by atoms with van der Waals surface area (Å²) in [6.45, 7) is -0.495. The van der Waals surface area contributed by atoms with Gasteiger partial charge in [-0.2, -0.15) is 0 Å². The molecule has 13 heavy (non-hydrogen) atoms. The first-order valence-electron chi connectivity index (χ1n) is 3.78. The van der Waals surface area contributed by atoms with Crippen LogP contribution in [0.4, 0.5) is 0 Å². The third-order valence-corrected chi connectivity index (χ3v) is 1.98. The Bertz CT molecular complexity index is 147. The highest BCUT2D eigenvalue weighted by molar-refractivity contribution is 4.88. The molecule has 1 aliphatic heterocycles. The topological polar surface area (TPSA) is 125 Å². The Hall–Kier alpha value is -0.280. The second-order valence-corrected chi connectivity index (χ2v) is 2.83. The first kappa shape index (κ1) is 10.8. The molecule has 0 saturated carbocycles. The minimum atomic E-state index is -1.44. The van der Waals surface area contributed by atoms with E-state index in [4.69, 9.17) is 15.7 Å². The van der Waals surface area contributed by atoms with Crippen molar-refractivity contribution in [3.63, 3.8) is 0 Å². The molecule has 0 aromatic rings. The quantitative estimate of drug-likeness (QED) is 0.292. The fourth-order valence-corrected chi connectivity index (χ4v) is 1.18. The molecule has 1 heterocycles. The lowest BCUT2D eigenvalue weighted by Crippen LogP contribution is -2.59. The minimum absolute atomic E-state index is 0.495. The van der Waals surface area contributed by atoms with Gasteiger partial charge < -0.3 is 25.2 Å². The van der Waals surface area contributed by atoms with Gasteiger partial charge in [0.1, 0.15) is 24.4 Å². The zero-order valence-corrected chi connectivity index (χ0v) is 6.78. The summed E-state index contributed by atoms with van der Waals surface area (Å²) in [6, 6.07) is 0. The van der Waals surface area contributed by atoms with E-state index >= 15 is 0 Å². The summed E-state index contributed by atoms with van der Waals surface area (Å²) in [4.78, 5) is 4.20. The molecule has 7 heteroatoms.